The van der Waals surface area contributed by atoms with Gasteiger partial charge in [0.1, 0.15) is 20.9 Å². The fourth-order valence-corrected chi connectivity index (χ4v) is 4.01. The molecule has 5 nitrogen and oxygen atoms in total. The van der Waals surface area contributed by atoms with Gasteiger partial charge in [0.2, 0.25) is 0 Å². The molecule has 0 bridgehead atoms. The number of benzene rings is 2. The Hall–Kier alpha value is -1.99. The summed E-state index contributed by atoms with van der Waals surface area (Å²) in [7, 11) is 0. The molecule has 0 amide bonds. The van der Waals surface area contributed by atoms with Crippen LogP contribution >= 0.6 is 34.7 Å². The van der Waals surface area contributed by atoms with Crippen LogP contribution in [0.25, 0.3) is 0 Å². The van der Waals surface area contributed by atoms with Crippen LogP contribution in [-0.2, 0) is 11.3 Å². The molecule has 3 rings (SSSR count). The van der Waals surface area contributed by atoms with E-state index in [9.17, 15) is 4.79 Å². The van der Waals surface area contributed by atoms with Gasteiger partial charge in [0, 0.05) is 6.92 Å². The fraction of sp³-hybridized carbons (Fsp3) is 0.250. The number of aromatic nitrogens is 1. The van der Waals surface area contributed by atoms with E-state index in [1.54, 1.807) is 6.92 Å². The molecule has 0 saturated heterocycles. The molecule has 148 valence electrons. The van der Waals surface area contributed by atoms with Crippen molar-refractivity contribution in [1.29, 1.82) is 0 Å². The second-order valence-electron chi connectivity index (χ2n) is 6.17. The molecule has 1 heterocycles. The minimum atomic E-state index is -1.42. The maximum absolute atomic E-state index is 12.1. The summed E-state index contributed by atoms with van der Waals surface area (Å²) in [5.41, 5.74) is -0.346. The maximum atomic E-state index is 12.1. The highest BCUT2D eigenvalue weighted by Gasteiger charge is 2.33. The second-order valence-corrected chi connectivity index (χ2v) is 8.18. The first-order valence-electron chi connectivity index (χ1n) is 8.57. The Morgan fingerprint density at radius 3 is 1.93 bits per heavy atom. The number of hydrogen-bond donors (Lipinski definition) is 0. The lowest BCUT2D eigenvalue weighted by molar-refractivity contribution is -0.307. The van der Waals surface area contributed by atoms with E-state index in [1.807, 2.05) is 67.6 Å². The average Bonchev–Trinajstić information content (AvgIpc) is 2.89. The van der Waals surface area contributed by atoms with Gasteiger partial charge in [0.15, 0.2) is 0 Å². The molecule has 0 saturated carbocycles. The van der Waals surface area contributed by atoms with Gasteiger partial charge >= 0.3 is 5.97 Å². The van der Waals surface area contributed by atoms with Gasteiger partial charge in [-0.25, -0.2) is 0 Å². The Kier molecular flexibility index (Phi) is 6.67. The van der Waals surface area contributed by atoms with Crippen LogP contribution in [0, 0.1) is 0 Å². The van der Waals surface area contributed by atoms with Crippen molar-refractivity contribution in [3.63, 3.8) is 0 Å². The molecule has 0 spiro atoms. The molecule has 1 unspecified atom stereocenters. The van der Waals surface area contributed by atoms with Crippen molar-refractivity contribution in [1.82, 2.24) is 3.96 Å². The van der Waals surface area contributed by atoms with Crippen molar-refractivity contribution in [3.05, 3.63) is 80.4 Å². The molecule has 1 aromatic heterocycles. The van der Waals surface area contributed by atoms with Gasteiger partial charge in [-0.3, -0.25) is 8.75 Å². The minimum absolute atomic E-state index is 0.0164. The van der Waals surface area contributed by atoms with E-state index in [4.69, 9.17) is 37.4 Å². The zero-order valence-corrected chi connectivity index (χ0v) is 17.6. The normalized spacial score (nSPS) is 12.6. The lowest BCUT2D eigenvalue weighted by atomic mass is 10.3. The van der Waals surface area contributed by atoms with Crippen molar-refractivity contribution in [3.8, 4) is 11.5 Å². The molecule has 0 aliphatic carbocycles. The predicted molar refractivity (Wildman–Crippen MR) is 112 cm³/mol. The lowest BCUT2D eigenvalue weighted by Crippen LogP contribution is -2.45. The third-order valence-corrected chi connectivity index (χ3v) is 5.56. The molecule has 2 aromatic carbocycles. The molecule has 1 atom stereocenters. The van der Waals surface area contributed by atoms with Crippen molar-refractivity contribution >= 4 is 34.7 Å². The molecular formula is C20H19Cl2NO4S. The number of hydrogen-bond acceptors (Lipinski definition) is 5. The van der Waals surface area contributed by atoms with Crippen molar-refractivity contribution in [2.24, 2.45) is 0 Å². The summed E-state index contributed by atoms with van der Waals surface area (Å²) in [6, 6.07) is 18.5. The second kappa shape index (κ2) is 9.01. The van der Waals surface area contributed by atoms with Crippen molar-refractivity contribution in [2.45, 2.75) is 32.5 Å². The lowest BCUT2D eigenvalue weighted by Gasteiger charge is -2.33. The van der Waals surface area contributed by atoms with Crippen LogP contribution in [0.4, 0.5) is 0 Å². The largest absolute Gasteiger partial charge is 0.430 e. The highest BCUT2D eigenvalue weighted by molar-refractivity contribution is 7.11. The van der Waals surface area contributed by atoms with Crippen LogP contribution in [0.15, 0.2) is 65.5 Å². The maximum Gasteiger partial charge on any atom is 0.368 e. The number of ether oxygens (including phenoxy) is 3. The van der Waals surface area contributed by atoms with Crippen LogP contribution in [0.3, 0.4) is 0 Å². The van der Waals surface area contributed by atoms with E-state index >= 15 is 0 Å². The molecule has 0 radical (unpaired) electrons. The van der Waals surface area contributed by atoms with Gasteiger partial charge < -0.3 is 14.2 Å². The Morgan fingerprint density at radius 1 is 1.00 bits per heavy atom. The highest BCUT2D eigenvalue weighted by atomic mass is 35.5. The van der Waals surface area contributed by atoms with Gasteiger partial charge in [0.05, 0.1) is 12.6 Å². The van der Waals surface area contributed by atoms with E-state index in [0.717, 1.165) is 11.5 Å². The van der Waals surface area contributed by atoms with Crippen LogP contribution in [0.2, 0.25) is 9.36 Å². The topological polar surface area (TPSA) is 49.7 Å². The zero-order chi connectivity index (χ0) is 20.1. The Labute approximate surface area is 177 Å². The molecule has 0 aliphatic rings. The van der Waals surface area contributed by atoms with Crippen molar-refractivity contribution < 1.29 is 14.2 Å². The first-order chi connectivity index (χ1) is 13.4. The number of para-hydroxylation sites is 2. The molecule has 0 fully saturated rings. The van der Waals surface area contributed by atoms with Crippen LogP contribution in [-0.4, -0.2) is 16.0 Å². The van der Waals surface area contributed by atoms with Gasteiger partial charge in [-0.15, -0.1) is 0 Å². The van der Waals surface area contributed by atoms with Crippen LogP contribution < -0.4 is 15.0 Å². The molecule has 8 heteroatoms. The zero-order valence-electron chi connectivity index (χ0n) is 15.3. The molecule has 0 aliphatic heterocycles. The van der Waals surface area contributed by atoms with E-state index in [1.165, 1.54) is 3.96 Å². The summed E-state index contributed by atoms with van der Waals surface area (Å²) in [5.74, 6) is -0.239. The monoisotopic (exact) mass is 439 g/mol. The summed E-state index contributed by atoms with van der Waals surface area (Å²) in [6.45, 7) is 3.75. The van der Waals surface area contributed by atoms with E-state index in [0.29, 0.717) is 11.5 Å². The SMILES string of the molecule is CC(Cn1sc(Cl)c(Cl)c1=O)OC(C)(Oc1ccccc1)Oc1ccccc1. The van der Waals surface area contributed by atoms with E-state index in [2.05, 4.69) is 0 Å². The first-order valence-corrected chi connectivity index (χ1v) is 10.1. The third-order valence-electron chi connectivity index (χ3n) is 3.71. The number of rotatable bonds is 8. The van der Waals surface area contributed by atoms with Crippen molar-refractivity contribution in [2.75, 3.05) is 0 Å². The van der Waals surface area contributed by atoms with Gasteiger partial charge in [-0.05, 0) is 42.7 Å². The first kappa shape index (κ1) is 20.7. The number of halogens is 2. The van der Waals surface area contributed by atoms with Gasteiger partial charge in [-0.1, -0.05) is 59.6 Å². The van der Waals surface area contributed by atoms with Gasteiger partial charge in [0.25, 0.3) is 5.56 Å². The van der Waals surface area contributed by atoms with Crippen LogP contribution in [0.1, 0.15) is 13.8 Å². The molecular weight excluding hydrogens is 421 g/mol. The van der Waals surface area contributed by atoms with E-state index < -0.39 is 12.1 Å². The minimum Gasteiger partial charge on any atom is -0.430 e. The summed E-state index contributed by atoms with van der Waals surface area (Å²) in [6.07, 6.45) is -0.430. The smallest absolute Gasteiger partial charge is 0.368 e. The third kappa shape index (κ3) is 5.29. The standard InChI is InChI=1S/C20H19Cl2NO4S/c1-14(13-23-19(24)17(21)18(22)28-23)25-20(2,26-15-9-5-3-6-10-15)27-16-11-7-4-8-12-16/h3-12,14H,13H2,1-2H3. The molecule has 3 aromatic rings. The number of nitrogens with zero attached hydrogens (tertiary/aromatic N) is 1. The summed E-state index contributed by atoms with van der Waals surface area (Å²) < 4.78 is 19.8. The van der Waals surface area contributed by atoms with E-state index in [-0.39, 0.29) is 21.5 Å². The molecule has 28 heavy (non-hydrogen) atoms. The Bertz CT molecular complexity index is 918. The fourth-order valence-electron chi connectivity index (χ4n) is 2.60. The summed E-state index contributed by atoms with van der Waals surface area (Å²) in [5, 5.41) is 0.0164. The van der Waals surface area contributed by atoms with Gasteiger partial charge in [-0.2, -0.15) is 0 Å². The average molecular weight is 440 g/mol. The summed E-state index contributed by atoms with van der Waals surface area (Å²) in [4.78, 5) is 12.1. The Morgan fingerprint density at radius 2 is 1.50 bits per heavy atom. The predicted octanol–water partition coefficient (Wildman–Crippen LogP) is 5.45. The Balaban J connectivity index is 1.79. The summed E-state index contributed by atoms with van der Waals surface area (Å²) >= 11 is 12.9. The highest BCUT2D eigenvalue weighted by Crippen LogP contribution is 2.27. The van der Waals surface area contributed by atoms with Crippen LogP contribution in [0.5, 0.6) is 11.5 Å². The molecule has 0 N–H and O–H groups in total. The quantitative estimate of drug-likeness (QED) is 0.437.